The number of alkyl halides is 3. The van der Waals surface area contributed by atoms with E-state index in [-0.39, 0.29) is 6.42 Å². The average Bonchev–Trinajstić information content (AvgIpc) is 2.54. The van der Waals surface area contributed by atoms with Gasteiger partial charge in [-0.1, -0.05) is 60.7 Å². The lowest BCUT2D eigenvalue weighted by atomic mass is 9.97. The minimum atomic E-state index is -5.58. The molecular formula is C16H16F3NO3S. The van der Waals surface area contributed by atoms with Crippen LogP contribution in [-0.2, 0) is 16.4 Å². The molecule has 0 fully saturated rings. The standard InChI is InChI=1S/C16H16F3NO3S/c17-16(18,19)24(22,23)20-14(11-12-7-3-1-4-8-12)15(21)13-9-5-2-6-10-13/h1-10,14-15,20-21H,11H2/t14-,15+/m0/s1. The maximum absolute atomic E-state index is 12.7. The van der Waals surface area contributed by atoms with Crippen LogP contribution in [-0.4, -0.2) is 25.1 Å². The molecule has 0 heterocycles. The Labute approximate surface area is 138 Å². The molecule has 0 radical (unpaired) electrons. The van der Waals surface area contributed by atoms with Gasteiger partial charge in [0.15, 0.2) is 0 Å². The van der Waals surface area contributed by atoms with Crippen molar-refractivity contribution < 1.29 is 26.7 Å². The van der Waals surface area contributed by atoms with Crippen molar-refractivity contribution in [2.24, 2.45) is 0 Å². The molecule has 0 aromatic heterocycles. The Kier molecular flexibility index (Phi) is 5.63. The molecule has 2 rings (SSSR count). The number of hydrogen-bond acceptors (Lipinski definition) is 3. The summed E-state index contributed by atoms with van der Waals surface area (Å²) < 4.78 is 62.5. The monoisotopic (exact) mass is 359 g/mol. The molecule has 0 aliphatic heterocycles. The summed E-state index contributed by atoms with van der Waals surface area (Å²) in [6, 6.07) is 15.0. The van der Waals surface area contributed by atoms with Crippen molar-refractivity contribution in [3.05, 3.63) is 71.8 Å². The van der Waals surface area contributed by atoms with E-state index in [4.69, 9.17) is 0 Å². The lowest BCUT2D eigenvalue weighted by Crippen LogP contribution is -2.46. The van der Waals surface area contributed by atoms with Crippen LogP contribution in [0.1, 0.15) is 17.2 Å². The summed E-state index contributed by atoms with van der Waals surface area (Å²) in [6.45, 7) is 0. The predicted octanol–water partition coefficient (Wildman–Crippen LogP) is 2.77. The number of aliphatic hydroxyl groups excluding tert-OH is 1. The van der Waals surface area contributed by atoms with Gasteiger partial charge in [0, 0.05) is 0 Å². The van der Waals surface area contributed by atoms with Gasteiger partial charge in [-0.25, -0.2) is 13.1 Å². The first-order valence-corrected chi connectivity index (χ1v) is 8.54. The molecule has 0 saturated carbocycles. The molecule has 0 aliphatic carbocycles. The first kappa shape index (κ1) is 18.4. The molecule has 0 bridgehead atoms. The van der Waals surface area contributed by atoms with E-state index in [1.54, 1.807) is 53.3 Å². The molecule has 0 spiro atoms. The zero-order valence-electron chi connectivity index (χ0n) is 12.4. The smallest absolute Gasteiger partial charge is 0.387 e. The number of aliphatic hydroxyl groups is 1. The van der Waals surface area contributed by atoms with Crippen molar-refractivity contribution >= 4 is 10.0 Å². The van der Waals surface area contributed by atoms with Gasteiger partial charge in [-0.15, -0.1) is 0 Å². The quantitative estimate of drug-likeness (QED) is 0.834. The Morgan fingerprint density at radius 2 is 1.46 bits per heavy atom. The number of sulfonamides is 1. The fourth-order valence-electron chi connectivity index (χ4n) is 2.23. The van der Waals surface area contributed by atoms with Crippen molar-refractivity contribution in [3.63, 3.8) is 0 Å². The third-order valence-electron chi connectivity index (χ3n) is 3.43. The molecule has 130 valence electrons. The van der Waals surface area contributed by atoms with Crippen LogP contribution in [0.3, 0.4) is 0 Å². The largest absolute Gasteiger partial charge is 0.511 e. The van der Waals surface area contributed by atoms with E-state index in [2.05, 4.69) is 0 Å². The van der Waals surface area contributed by atoms with E-state index in [1.165, 1.54) is 12.1 Å². The van der Waals surface area contributed by atoms with E-state index in [1.807, 2.05) is 0 Å². The second kappa shape index (κ2) is 7.33. The zero-order chi connectivity index (χ0) is 17.8. The highest BCUT2D eigenvalue weighted by Gasteiger charge is 2.47. The molecule has 2 aromatic carbocycles. The Bertz CT molecular complexity index is 749. The highest BCUT2D eigenvalue weighted by Crippen LogP contribution is 2.26. The van der Waals surface area contributed by atoms with Gasteiger partial charge in [0.05, 0.1) is 12.1 Å². The van der Waals surface area contributed by atoms with E-state index in [9.17, 15) is 26.7 Å². The highest BCUT2D eigenvalue weighted by molar-refractivity contribution is 7.90. The summed E-state index contributed by atoms with van der Waals surface area (Å²) in [4.78, 5) is 0. The van der Waals surface area contributed by atoms with Crippen molar-refractivity contribution in [1.82, 2.24) is 4.72 Å². The third kappa shape index (κ3) is 4.56. The fraction of sp³-hybridized carbons (Fsp3) is 0.250. The Morgan fingerprint density at radius 1 is 0.958 bits per heavy atom. The van der Waals surface area contributed by atoms with Gasteiger partial charge in [0.2, 0.25) is 0 Å². The van der Waals surface area contributed by atoms with Gasteiger partial charge in [0.25, 0.3) is 0 Å². The summed E-state index contributed by atoms with van der Waals surface area (Å²) in [5.41, 5.74) is -4.52. The van der Waals surface area contributed by atoms with Crippen LogP contribution in [0, 0.1) is 0 Å². The lowest BCUT2D eigenvalue weighted by Gasteiger charge is -2.25. The van der Waals surface area contributed by atoms with Crippen LogP contribution in [0.25, 0.3) is 0 Å². The second-order valence-electron chi connectivity index (χ2n) is 5.22. The Morgan fingerprint density at radius 3 is 1.96 bits per heavy atom. The second-order valence-corrected chi connectivity index (χ2v) is 6.92. The minimum absolute atomic E-state index is 0.0911. The van der Waals surface area contributed by atoms with Crippen molar-refractivity contribution in [2.75, 3.05) is 0 Å². The number of rotatable bonds is 6. The van der Waals surface area contributed by atoms with Crippen LogP contribution in [0.5, 0.6) is 0 Å². The van der Waals surface area contributed by atoms with Gasteiger partial charge < -0.3 is 5.11 Å². The normalized spacial score (nSPS) is 15.0. The number of benzene rings is 2. The fourth-order valence-corrected chi connectivity index (χ4v) is 2.98. The molecule has 2 N–H and O–H groups in total. The molecule has 4 nitrogen and oxygen atoms in total. The van der Waals surface area contributed by atoms with Gasteiger partial charge in [-0.05, 0) is 17.5 Å². The molecule has 0 amide bonds. The minimum Gasteiger partial charge on any atom is -0.387 e. The van der Waals surface area contributed by atoms with Crippen LogP contribution < -0.4 is 4.72 Å². The van der Waals surface area contributed by atoms with E-state index in [0.717, 1.165) is 0 Å². The average molecular weight is 359 g/mol. The maximum Gasteiger partial charge on any atom is 0.511 e. The molecular weight excluding hydrogens is 343 g/mol. The van der Waals surface area contributed by atoms with Crippen molar-refractivity contribution in [3.8, 4) is 0 Å². The van der Waals surface area contributed by atoms with Gasteiger partial charge in [-0.2, -0.15) is 13.2 Å². The SMILES string of the molecule is O=S(=O)(N[C@@H](Cc1ccccc1)[C@H](O)c1ccccc1)C(F)(F)F. The van der Waals surface area contributed by atoms with Crippen molar-refractivity contribution in [2.45, 2.75) is 24.1 Å². The first-order valence-electron chi connectivity index (χ1n) is 7.06. The van der Waals surface area contributed by atoms with Gasteiger partial charge in [0.1, 0.15) is 0 Å². The summed E-state index contributed by atoms with van der Waals surface area (Å²) in [7, 11) is -5.58. The molecule has 0 saturated heterocycles. The summed E-state index contributed by atoms with van der Waals surface area (Å²) >= 11 is 0. The van der Waals surface area contributed by atoms with E-state index < -0.39 is 27.7 Å². The van der Waals surface area contributed by atoms with Crippen LogP contribution >= 0.6 is 0 Å². The van der Waals surface area contributed by atoms with Crippen LogP contribution in [0.2, 0.25) is 0 Å². The molecule has 24 heavy (non-hydrogen) atoms. The number of hydrogen-bond donors (Lipinski definition) is 2. The highest BCUT2D eigenvalue weighted by atomic mass is 32.2. The predicted molar refractivity (Wildman–Crippen MR) is 83.4 cm³/mol. The first-order chi connectivity index (χ1) is 11.2. The van der Waals surface area contributed by atoms with Gasteiger partial charge in [-0.3, -0.25) is 0 Å². The molecule has 2 aromatic rings. The Hall–Kier alpha value is -1.90. The summed E-state index contributed by atoms with van der Waals surface area (Å²) in [5, 5.41) is 10.4. The summed E-state index contributed by atoms with van der Waals surface area (Å²) in [6.07, 6.45) is -1.52. The van der Waals surface area contributed by atoms with Crippen LogP contribution in [0.15, 0.2) is 60.7 Å². The molecule has 0 unspecified atom stereocenters. The zero-order valence-corrected chi connectivity index (χ0v) is 13.3. The van der Waals surface area contributed by atoms with Gasteiger partial charge >= 0.3 is 15.5 Å². The molecule has 8 heteroatoms. The molecule has 2 atom stereocenters. The van der Waals surface area contributed by atoms with E-state index >= 15 is 0 Å². The maximum atomic E-state index is 12.7. The van der Waals surface area contributed by atoms with Crippen LogP contribution in [0.4, 0.5) is 13.2 Å². The summed E-state index contributed by atoms with van der Waals surface area (Å²) in [5.74, 6) is 0. The van der Waals surface area contributed by atoms with E-state index in [0.29, 0.717) is 11.1 Å². The third-order valence-corrected chi connectivity index (χ3v) is 4.65. The lowest BCUT2D eigenvalue weighted by molar-refractivity contribution is -0.0456. The Balaban J connectivity index is 2.31. The topological polar surface area (TPSA) is 66.4 Å². The molecule has 0 aliphatic rings. The number of nitrogens with one attached hydrogen (secondary N) is 1. The number of halogens is 3. The van der Waals surface area contributed by atoms with Crippen molar-refractivity contribution in [1.29, 1.82) is 0 Å².